The fourth-order valence-electron chi connectivity index (χ4n) is 2.78. The van der Waals surface area contributed by atoms with Crippen molar-refractivity contribution in [3.05, 3.63) is 71.8 Å². The van der Waals surface area contributed by atoms with Crippen LogP contribution in [0.2, 0.25) is 0 Å². The van der Waals surface area contributed by atoms with Crippen LogP contribution in [0, 0.1) is 0 Å². The minimum absolute atomic E-state index is 0.0832. The lowest BCUT2D eigenvalue weighted by atomic mass is 10.1. The molecule has 0 N–H and O–H groups in total. The number of aryl methyl sites for hydroxylation is 1. The van der Waals surface area contributed by atoms with Crippen LogP contribution in [0.3, 0.4) is 0 Å². The van der Waals surface area contributed by atoms with Gasteiger partial charge in [0.1, 0.15) is 6.61 Å². The highest BCUT2D eigenvalue weighted by Gasteiger charge is 2.25. The fraction of sp³-hybridized carbons (Fsp3) is 0.316. The number of carbonyl (C=O) groups excluding carboxylic acids is 1. The number of amides is 1. The van der Waals surface area contributed by atoms with Gasteiger partial charge in [-0.25, -0.2) is 0 Å². The van der Waals surface area contributed by atoms with Gasteiger partial charge in [0.15, 0.2) is 0 Å². The van der Waals surface area contributed by atoms with Crippen molar-refractivity contribution in [1.29, 1.82) is 0 Å². The van der Waals surface area contributed by atoms with E-state index in [-0.39, 0.29) is 18.6 Å². The van der Waals surface area contributed by atoms with Crippen molar-refractivity contribution in [3.63, 3.8) is 0 Å². The number of carbonyl (C=O) groups is 1. The predicted octanol–water partition coefficient (Wildman–Crippen LogP) is 3.05. The first kappa shape index (κ1) is 14.8. The quantitative estimate of drug-likeness (QED) is 0.848. The third-order valence-electron chi connectivity index (χ3n) is 4.03. The standard InChI is InChI=1S/C19H21NO2/c21-19-15-22-18(12-11-16-7-3-1-4-8-16)14-20(19)13-17-9-5-2-6-10-17/h1-10,18H,11-15H2. The molecule has 0 bridgehead atoms. The first-order chi connectivity index (χ1) is 10.8. The van der Waals surface area contributed by atoms with Gasteiger partial charge in [0.05, 0.1) is 6.10 Å². The van der Waals surface area contributed by atoms with Crippen molar-refractivity contribution in [2.24, 2.45) is 0 Å². The Labute approximate surface area is 131 Å². The smallest absolute Gasteiger partial charge is 0.248 e. The second kappa shape index (κ2) is 7.23. The van der Waals surface area contributed by atoms with Crippen molar-refractivity contribution < 1.29 is 9.53 Å². The molecule has 2 aromatic rings. The van der Waals surface area contributed by atoms with Crippen LogP contribution >= 0.6 is 0 Å². The molecule has 3 rings (SSSR count). The Kier molecular flexibility index (Phi) is 4.86. The number of rotatable bonds is 5. The summed E-state index contributed by atoms with van der Waals surface area (Å²) in [5.74, 6) is 0.0832. The molecular weight excluding hydrogens is 274 g/mol. The van der Waals surface area contributed by atoms with E-state index in [2.05, 4.69) is 36.4 Å². The van der Waals surface area contributed by atoms with Crippen LogP contribution in [-0.4, -0.2) is 30.1 Å². The number of nitrogens with zero attached hydrogens (tertiary/aromatic N) is 1. The lowest BCUT2D eigenvalue weighted by Gasteiger charge is -2.33. The second-order valence-corrected chi connectivity index (χ2v) is 5.72. The third-order valence-corrected chi connectivity index (χ3v) is 4.03. The summed E-state index contributed by atoms with van der Waals surface area (Å²) in [6.45, 7) is 1.55. The van der Waals surface area contributed by atoms with Crippen LogP contribution in [0.4, 0.5) is 0 Å². The van der Waals surface area contributed by atoms with Crippen molar-refractivity contribution in [2.45, 2.75) is 25.5 Å². The SMILES string of the molecule is O=C1COC(CCc2ccccc2)CN1Cc1ccccc1. The normalized spacial score (nSPS) is 18.5. The van der Waals surface area contributed by atoms with E-state index in [4.69, 9.17) is 4.74 Å². The zero-order valence-electron chi connectivity index (χ0n) is 12.7. The lowest BCUT2D eigenvalue weighted by Crippen LogP contribution is -2.46. The largest absolute Gasteiger partial charge is 0.367 e. The topological polar surface area (TPSA) is 29.5 Å². The van der Waals surface area contributed by atoms with E-state index in [1.54, 1.807) is 0 Å². The highest BCUT2D eigenvalue weighted by Crippen LogP contribution is 2.15. The van der Waals surface area contributed by atoms with Gasteiger partial charge < -0.3 is 9.64 Å². The van der Waals surface area contributed by atoms with E-state index in [1.165, 1.54) is 11.1 Å². The number of hydrogen-bond donors (Lipinski definition) is 0. The molecule has 0 aliphatic carbocycles. The first-order valence-electron chi connectivity index (χ1n) is 7.78. The molecule has 22 heavy (non-hydrogen) atoms. The molecule has 114 valence electrons. The van der Waals surface area contributed by atoms with E-state index in [9.17, 15) is 4.79 Å². The van der Waals surface area contributed by atoms with Gasteiger partial charge in [0.2, 0.25) is 5.91 Å². The average molecular weight is 295 g/mol. The van der Waals surface area contributed by atoms with Crippen LogP contribution in [0.15, 0.2) is 60.7 Å². The van der Waals surface area contributed by atoms with Crippen LogP contribution in [-0.2, 0) is 22.5 Å². The van der Waals surface area contributed by atoms with Gasteiger partial charge in [-0.2, -0.15) is 0 Å². The molecule has 0 radical (unpaired) electrons. The maximum atomic E-state index is 12.0. The Hall–Kier alpha value is -2.13. The molecule has 1 atom stereocenters. The molecule has 3 heteroatoms. The van der Waals surface area contributed by atoms with E-state index >= 15 is 0 Å². The Bertz CT molecular complexity index is 597. The maximum Gasteiger partial charge on any atom is 0.248 e. The minimum Gasteiger partial charge on any atom is -0.367 e. The fourth-order valence-corrected chi connectivity index (χ4v) is 2.78. The van der Waals surface area contributed by atoms with Crippen molar-refractivity contribution in [1.82, 2.24) is 4.90 Å². The molecule has 2 aromatic carbocycles. The Balaban J connectivity index is 1.55. The second-order valence-electron chi connectivity index (χ2n) is 5.72. The molecule has 1 fully saturated rings. The van der Waals surface area contributed by atoms with Crippen molar-refractivity contribution in [2.75, 3.05) is 13.2 Å². The summed E-state index contributed by atoms with van der Waals surface area (Å²) in [5, 5.41) is 0. The zero-order chi connectivity index (χ0) is 15.2. The van der Waals surface area contributed by atoms with Gasteiger partial charge in [-0.3, -0.25) is 4.79 Å². The lowest BCUT2D eigenvalue weighted by molar-refractivity contribution is -0.150. The summed E-state index contributed by atoms with van der Waals surface area (Å²) in [6, 6.07) is 20.5. The van der Waals surface area contributed by atoms with Gasteiger partial charge in [-0.15, -0.1) is 0 Å². The monoisotopic (exact) mass is 295 g/mol. The molecule has 1 unspecified atom stereocenters. The number of morpholine rings is 1. The number of benzene rings is 2. The highest BCUT2D eigenvalue weighted by molar-refractivity contribution is 5.78. The summed E-state index contributed by atoms with van der Waals surface area (Å²) < 4.78 is 5.69. The van der Waals surface area contributed by atoms with Crippen molar-refractivity contribution in [3.8, 4) is 0 Å². The molecule has 0 spiro atoms. The van der Waals surface area contributed by atoms with Gasteiger partial charge in [0.25, 0.3) is 0 Å². The van der Waals surface area contributed by atoms with Gasteiger partial charge >= 0.3 is 0 Å². The number of hydrogen-bond acceptors (Lipinski definition) is 2. The molecule has 1 amide bonds. The van der Waals surface area contributed by atoms with Gasteiger partial charge in [0, 0.05) is 13.1 Å². The van der Waals surface area contributed by atoms with Crippen molar-refractivity contribution >= 4 is 5.91 Å². The van der Waals surface area contributed by atoms with E-state index < -0.39 is 0 Å². The first-order valence-corrected chi connectivity index (χ1v) is 7.78. The maximum absolute atomic E-state index is 12.0. The summed E-state index contributed by atoms with van der Waals surface area (Å²) in [5.41, 5.74) is 2.48. The Morgan fingerprint density at radius 3 is 2.27 bits per heavy atom. The molecule has 1 heterocycles. The average Bonchev–Trinajstić information content (AvgIpc) is 2.57. The summed E-state index contributed by atoms with van der Waals surface area (Å²) in [7, 11) is 0. The third kappa shape index (κ3) is 3.95. The van der Waals surface area contributed by atoms with Crippen LogP contribution in [0.5, 0.6) is 0 Å². The van der Waals surface area contributed by atoms with E-state index in [0.29, 0.717) is 13.1 Å². The Morgan fingerprint density at radius 1 is 0.955 bits per heavy atom. The molecule has 3 nitrogen and oxygen atoms in total. The molecule has 1 saturated heterocycles. The number of ether oxygens (including phenoxy) is 1. The minimum atomic E-state index is 0.0832. The van der Waals surface area contributed by atoms with Crippen LogP contribution in [0.1, 0.15) is 17.5 Å². The van der Waals surface area contributed by atoms with E-state index in [0.717, 1.165) is 12.8 Å². The van der Waals surface area contributed by atoms with Gasteiger partial charge in [-0.1, -0.05) is 60.7 Å². The Morgan fingerprint density at radius 2 is 1.59 bits per heavy atom. The zero-order valence-corrected chi connectivity index (χ0v) is 12.7. The molecular formula is C19H21NO2. The molecule has 1 aliphatic rings. The van der Waals surface area contributed by atoms with Crippen LogP contribution in [0.25, 0.3) is 0 Å². The summed E-state index contributed by atoms with van der Waals surface area (Å²) >= 11 is 0. The van der Waals surface area contributed by atoms with Crippen LogP contribution < -0.4 is 0 Å². The molecule has 1 aliphatic heterocycles. The van der Waals surface area contributed by atoms with E-state index in [1.807, 2.05) is 29.2 Å². The molecule has 0 aromatic heterocycles. The van der Waals surface area contributed by atoms with Gasteiger partial charge in [-0.05, 0) is 24.0 Å². The molecule has 0 saturated carbocycles. The predicted molar refractivity (Wildman–Crippen MR) is 86.4 cm³/mol. The highest BCUT2D eigenvalue weighted by atomic mass is 16.5. The summed E-state index contributed by atoms with van der Waals surface area (Å²) in [4.78, 5) is 13.9. The summed E-state index contributed by atoms with van der Waals surface area (Å²) in [6.07, 6.45) is 2.06.